The summed E-state index contributed by atoms with van der Waals surface area (Å²) in [7, 11) is 4.33. The van der Waals surface area contributed by atoms with Crippen molar-refractivity contribution in [3.63, 3.8) is 0 Å². The van der Waals surface area contributed by atoms with Crippen LogP contribution in [0.3, 0.4) is 0 Å². The number of nitrogens with zero attached hydrogens (tertiary/aromatic N) is 2. The molecule has 2 aromatic carbocycles. The summed E-state index contributed by atoms with van der Waals surface area (Å²) in [6, 6.07) is 8.55. The van der Waals surface area contributed by atoms with Crippen molar-refractivity contribution in [1.29, 1.82) is 0 Å². The summed E-state index contributed by atoms with van der Waals surface area (Å²) in [5, 5.41) is 11.1. The lowest BCUT2D eigenvalue weighted by Crippen LogP contribution is -2.41. The van der Waals surface area contributed by atoms with Crippen LogP contribution < -0.4 is 9.47 Å². The van der Waals surface area contributed by atoms with Gasteiger partial charge in [-0.3, -0.25) is 19.7 Å². The highest BCUT2D eigenvalue weighted by atomic mass is 16.6. The van der Waals surface area contributed by atoms with E-state index in [2.05, 4.69) is 0 Å². The molecule has 0 spiro atoms. The van der Waals surface area contributed by atoms with Gasteiger partial charge in [0.05, 0.1) is 38.7 Å². The van der Waals surface area contributed by atoms with Gasteiger partial charge in [-0.25, -0.2) is 0 Å². The maximum Gasteiger partial charge on any atom is 0.307 e. The second-order valence-electron chi connectivity index (χ2n) is 6.76. The normalized spacial score (nSPS) is 15.2. The minimum absolute atomic E-state index is 0.0559. The standard InChI is InChI=1S/C21H22N2O7/c1-28-18-10-13-7-8-22(21(25)14-5-4-6-15(9-14)23(26)27)17(12-20(24)30-3)16(13)11-19(18)29-2/h4-6,9-11,17H,7-8,12H2,1-3H3/t17-/m1/s1. The molecule has 1 atom stereocenters. The molecule has 2 aromatic rings. The van der Waals surface area contributed by atoms with Gasteiger partial charge in [-0.2, -0.15) is 0 Å². The van der Waals surface area contributed by atoms with E-state index in [-0.39, 0.29) is 17.7 Å². The minimum atomic E-state index is -0.604. The first-order chi connectivity index (χ1) is 14.4. The first-order valence-corrected chi connectivity index (χ1v) is 9.26. The molecule has 0 fully saturated rings. The van der Waals surface area contributed by atoms with Gasteiger partial charge < -0.3 is 19.1 Å². The molecule has 9 heteroatoms. The van der Waals surface area contributed by atoms with Crippen molar-refractivity contribution in [2.75, 3.05) is 27.9 Å². The van der Waals surface area contributed by atoms with Crippen molar-refractivity contribution < 1.29 is 28.7 Å². The molecule has 3 rings (SSSR count). The van der Waals surface area contributed by atoms with Crippen LogP contribution in [0.15, 0.2) is 36.4 Å². The molecular weight excluding hydrogens is 392 g/mol. The molecule has 1 heterocycles. The van der Waals surface area contributed by atoms with E-state index in [1.54, 1.807) is 11.0 Å². The third-order valence-corrected chi connectivity index (χ3v) is 5.16. The zero-order chi connectivity index (χ0) is 21.8. The van der Waals surface area contributed by atoms with Gasteiger partial charge in [-0.1, -0.05) is 6.07 Å². The molecule has 0 bridgehead atoms. The van der Waals surface area contributed by atoms with Crippen LogP contribution in [0.5, 0.6) is 11.5 Å². The fourth-order valence-electron chi connectivity index (χ4n) is 3.65. The molecule has 1 aliphatic rings. The largest absolute Gasteiger partial charge is 0.493 e. The van der Waals surface area contributed by atoms with Crippen LogP contribution in [0.2, 0.25) is 0 Å². The first-order valence-electron chi connectivity index (χ1n) is 9.26. The quantitative estimate of drug-likeness (QED) is 0.406. The van der Waals surface area contributed by atoms with Gasteiger partial charge in [0.1, 0.15) is 0 Å². The van der Waals surface area contributed by atoms with Gasteiger partial charge in [0, 0.05) is 24.2 Å². The van der Waals surface area contributed by atoms with Crippen molar-refractivity contribution in [2.24, 2.45) is 0 Å². The Hall–Kier alpha value is -3.62. The number of non-ortho nitro benzene ring substituents is 1. The molecular formula is C21H22N2O7. The molecule has 9 nitrogen and oxygen atoms in total. The lowest BCUT2D eigenvalue weighted by molar-refractivity contribution is -0.384. The first kappa shape index (κ1) is 21.1. The SMILES string of the molecule is COC(=O)C[C@@H]1c2cc(OC)c(OC)cc2CCN1C(=O)c1cccc([N+](=O)[O-])c1. The van der Waals surface area contributed by atoms with E-state index in [1.165, 1.54) is 45.6 Å². The van der Waals surface area contributed by atoms with Crippen molar-refractivity contribution in [2.45, 2.75) is 18.9 Å². The lowest BCUT2D eigenvalue weighted by Gasteiger charge is -2.37. The molecule has 30 heavy (non-hydrogen) atoms. The van der Waals surface area contributed by atoms with E-state index in [0.717, 1.165) is 11.1 Å². The van der Waals surface area contributed by atoms with Crippen LogP contribution in [0.25, 0.3) is 0 Å². The molecule has 0 N–H and O–H groups in total. The summed E-state index contributed by atoms with van der Waals surface area (Å²) < 4.78 is 15.6. The Bertz CT molecular complexity index is 989. The van der Waals surface area contributed by atoms with Gasteiger partial charge in [-0.05, 0) is 35.7 Å². The zero-order valence-corrected chi connectivity index (χ0v) is 16.9. The number of carbonyl (C=O) groups is 2. The third kappa shape index (κ3) is 4.05. The van der Waals surface area contributed by atoms with Crippen LogP contribution >= 0.6 is 0 Å². The van der Waals surface area contributed by atoms with E-state index < -0.39 is 22.8 Å². The number of benzene rings is 2. The number of methoxy groups -OCH3 is 3. The van der Waals surface area contributed by atoms with E-state index in [9.17, 15) is 19.7 Å². The highest BCUT2D eigenvalue weighted by Crippen LogP contribution is 2.40. The Morgan fingerprint density at radius 1 is 1.13 bits per heavy atom. The average Bonchev–Trinajstić information content (AvgIpc) is 2.77. The maximum absolute atomic E-state index is 13.2. The lowest BCUT2D eigenvalue weighted by atomic mass is 9.89. The number of esters is 1. The summed E-state index contributed by atoms with van der Waals surface area (Å²) in [5.41, 5.74) is 1.70. The predicted octanol–water partition coefficient (Wildman–Crippen LogP) is 2.91. The molecule has 0 unspecified atom stereocenters. The Balaban J connectivity index is 2.04. The van der Waals surface area contributed by atoms with Crippen LogP contribution in [-0.2, 0) is 16.0 Å². The molecule has 1 aliphatic heterocycles. The molecule has 0 radical (unpaired) electrons. The number of carbonyl (C=O) groups excluding carboxylic acids is 2. The number of ether oxygens (including phenoxy) is 3. The zero-order valence-electron chi connectivity index (χ0n) is 16.9. The van der Waals surface area contributed by atoms with Gasteiger partial charge >= 0.3 is 5.97 Å². The Labute approximate surface area is 173 Å². The van der Waals surface area contributed by atoms with Crippen molar-refractivity contribution in [1.82, 2.24) is 4.90 Å². The maximum atomic E-state index is 13.2. The van der Waals surface area contributed by atoms with Crippen LogP contribution in [-0.4, -0.2) is 49.6 Å². The summed E-state index contributed by atoms with van der Waals surface area (Å²) in [6.45, 7) is 0.339. The van der Waals surface area contributed by atoms with Gasteiger partial charge in [-0.15, -0.1) is 0 Å². The topological polar surface area (TPSA) is 108 Å². The van der Waals surface area contributed by atoms with Crippen LogP contribution in [0, 0.1) is 10.1 Å². The molecule has 0 aromatic heterocycles. The summed E-state index contributed by atoms with van der Waals surface area (Å²) in [4.78, 5) is 37.4. The van der Waals surface area contributed by atoms with Gasteiger partial charge in [0.25, 0.3) is 11.6 Å². The third-order valence-electron chi connectivity index (χ3n) is 5.16. The summed E-state index contributed by atoms with van der Waals surface area (Å²) in [6.07, 6.45) is 0.480. The number of hydrogen-bond acceptors (Lipinski definition) is 7. The fraction of sp³-hybridized carbons (Fsp3) is 0.333. The molecule has 0 aliphatic carbocycles. The van der Waals surface area contributed by atoms with Crippen molar-refractivity contribution in [3.8, 4) is 11.5 Å². The number of nitro benzene ring substituents is 1. The van der Waals surface area contributed by atoms with Gasteiger partial charge in [0.15, 0.2) is 11.5 Å². The van der Waals surface area contributed by atoms with Crippen LogP contribution in [0.4, 0.5) is 5.69 Å². The van der Waals surface area contributed by atoms with Crippen molar-refractivity contribution in [3.05, 3.63) is 63.2 Å². The summed E-state index contributed by atoms with van der Waals surface area (Å²) in [5.74, 6) is 0.176. The smallest absolute Gasteiger partial charge is 0.307 e. The highest BCUT2D eigenvalue weighted by Gasteiger charge is 2.34. The number of hydrogen-bond donors (Lipinski definition) is 0. The van der Waals surface area contributed by atoms with E-state index >= 15 is 0 Å². The Morgan fingerprint density at radius 2 is 1.83 bits per heavy atom. The molecule has 1 amide bonds. The minimum Gasteiger partial charge on any atom is -0.493 e. The van der Waals surface area contributed by atoms with Crippen LogP contribution in [0.1, 0.15) is 33.9 Å². The fourth-order valence-corrected chi connectivity index (χ4v) is 3.65. The number of nitro groups is 1. The molecule has 0 saturated carbocycles. The Kier molecular flexibility index (Phi) is 6.20. The Morgan fingerprint density at radius 3 is 2.47 bits per heavy atom. The molecule has 158 valence electrons. The van der Waals surface area contributed by atoms with E-state index in [4.69, 9.17) is 14.2 Å². The second kappa shape index (κ2) is 8.81. The average molecular weight is 414 g/mol. The number of fused-ring (bicyclic) bond motifs is 1. The number of rotatable bonds is 6. The second-order valence-corrected chi connectivity index (χ2v) is 6.76. The number of amides is 1. The van der Waals surface area contributed by atoms with E-state index in [0.29, 0.717) is 24.5 Å². The predicted molar refractivity (Wildman–Crippen MR) is 107 cm³/mol. The summed E-state index contributed by atoms with van der Waals surface area (Å²) >= 11 is 0. The van der Waals surface area contributed by atoms with E-state index in [1.807, 2.05) is 6.07 Å². The molecule has 0 saturated heterocycles. The van der Waals surface area contributed by atoms with Gasteiger partial charge in [0.2, 0.25) is 0 Å². The van der Waals surface area contributed by atoms with Crippen molar-refractivity contribution >= 4 is 17.6 Å². The monoisotopic (exact) mass is 414 g/mol. The highest BCUT2D eigenvalue weighted by molar-refractivity contribution is 5.95.